The molecule has 2 rings (SSSR count). The third-order valence-corrected chi connectivity index (χ3v) is 3.28. The van der Waals surface area contributed by atoms with Crippen molar-refractivity contribution in [3.8, 4) is 0 Å². The maximum absolute atomic E-state index is 11.1. The molecule has 0 aliphatic carbocycles. The van der Waals surface area contributed by atoms with Gasteiger partial charge in [0.15, 0.2) is 0 Å². The van der Waals surface area contributed by atoms with Crippen molar-refractivity contribution < 1.29 is 9.53 Å². The normalized spacial score (nSPS) is 27.1. The molecule has 14 heavy (non-hydrogen) atoms. The minimum atomic E-state index is -0.127. The van der Waals surface area contributed by atoms with E-state index in [4.69, 9.17) is 4.74 Å². The van der Waals surface area contributed by atoms with Gasteiger partial charge in [-0.25, -0.2) is 0 Å². The number of hydrogen-bond donors (Lipinski definition) is 0. The van der Waals surface area contributed by atoms with E-state index in [0.29, 0.717) is 6.42 Å². The Morgan fingerprint density at radius 2 is 2.00 bits per heavy atom. The lowest BCUT2D eigenvalue weighted by atomic mass is 10.0. The third-order valence-electron chi connectivity index (χ3n) is 2.34. The third kappa shape index (κ3) is 1.98. The first-order chi connectivity index (χ1) is 6.77. The van der Waals surface area contributed by atoms with E-state index in [0.717, 1.165) is 12.0 Å². The van der Waals surface area contributed by atoms with Crippen molar-refractivity contribution in [1.29, 1.82) is 0 Å². The summed E-state index contributed by atoms with van der Waals surface area (Å²) >= 11 is 3.54. The Balaban J connectivity index is 2.20. The molecule has 1 aliphatic heterocycles. The fraction of sp³-hybridized carbons (Fsp3) is 0.364. The molecule has 1 aromatic rings. The van der Waals surface area contributed by atoms with Gasteiger partial charge in [-0.15, -0.1) is 0 Å². The maximum Gasteiger partial charge on any atom is 0.306 e. The minimum Gasteiger partial charge on any atom is -0.456 e. The van der Waals surface area contributed by atoms with Crippen LogP contribution in [0.4, 0.5) is 0 Å². The van der Waals surface area contributed by atoms with E-state index in [-0.39, 0.29) is 16.9 Å². The molecular weight excluding hydrogens is 244 g/mol. The molecule has 0 N–H and O–H groups in total. The lowest BCUT2D eigenvalue weighted by molar-refractivity contribution is -0.153. The molecule has 0 bridgehead atoms. The van der Waals surface area contributed by atoms with Gasteiger partial charge in [0.1, 0.15) is 6.10 Å². The predicted molar refractivity (Wildman–Crippen MR) is 57.2 cm³/mol. The van der Waals surface area contributed by atoms with Crippen LogP contribution >= 0.6 is 15.9 Å². The van der Waals surface area contributed by atoms with Gasteiger partial charge in [0, 0.05) is 6.42 Å². The van der Waals surface area contributed by atoms with Gasteiger partial charge in [0.25, 0.3) is 0 Å². The molecule has 0 radical (unpaired) electrons. The Hall–Kier alpha value is -0.830. The highest BCUT2D eigenvalue weighted by Gasteiger charge is 2.29. The molecule has 1 aromatic carbocycles. The van der Waals surface area contributed by atoms with Crippen molar-refractivity contribution >= 4 is 21.9 Å². The van der Waals surface area contributed by atoms with Gasteiger partial charge in [-0.3, -0.25) is 4.79 Å². The quantitative estimate of drug-likeness (QED) is 0.569. The first kappa shape index (κ1) is 9.71. The lowest BCUT2D eigenvalue weighted by Gasteiger charge is -2.27. The molecule has 1 aliphatic rings. The highest BCUT2D eigenvalue weighted by Crippen LogP contribution is 2.33. The number of hydrogen-bond acceptors (Lipinski definition) is 2. The number of rotatable bonds is 1. The van der Waals surface area contributed by atoms with Crippen molar-refractivity contribution in [3.63, 3.8) is 0 Å². The maximum atomic E-state index is 11.1. The van der Waals surface area contributed by atoms with Gasteiger partial charge >= 0.3 is 5.97 Å². The van der Waals surface area contributed by atoms with Gasteiger partial charge in [-0.05, 0) is 12.0 Å². The Morgan fingerprint density at radius 3 is 2.71 bits per heavy atom. The standard InChI is InChI=1S/C11H11BrO2/c12-9-6-7-10(13)14-11(9)8-4-2-1-3-5-8/h1-5,9,11H,6-7H2. The van der Waals surface area contributed by atoms with Gasteiger partial charge in [-0.2, -0.15) is 0 Å². The average Bonchev–Trinajstić information content (AvgIpc) is 2.23. The van der Waals surface area contributed by atoms with E-state index in [2.05, 4.69) is 15.9 Å². The zero-order valence-corrected chi connectivity index (χ0v) is 9.24. The van der Waals surface area contributed by atoms with Crippen molar-refractivity contribution in [3.05, 3.63) is 35.9 Å². The van der Waals surface area contributed by atoms with Crippen LogP contribution in [0.25, 0.3) is 0 Å². The zero-order valence-electron chi connectivity index (χ0n) is 7.65. The molecule has 1 fully saturated rings. The summed E-state index contributed by atoms with van der Waals surface area (Å²) in [6.45, 7) is 0. The predicted octanol–water partition coefficient (Wildman–Crippen LogP) is 2.83. The van der Waals surface area contributed by atoms with Crippen molar-refractivity contribution in [1.82, 2.24) is 0 Å². The second-order valence-electron chi connectivity index (χ2n) is 3.38. The summed E-state index contributed by atoms with van der Waals surface area (Å²) in [6.07, 6.45) is 1.23. The highest BCUT2D eigenvalue weighted by molar-refractivity contribution is 9.09. The molecule has 0 saturated carbocycles. The van der Waals surface area contributed by atoms with E-state index >= 15 is 0 Å². The number of carbonyl (C=O) groups is 1. The van der Waals surface area contributed by atoms with Crippen LogP contribution in [-0.2, 0) is 9.53 Å². The lowest BCUT2D eigenvalue weighted by Crippen LogP contribution is -2.26. The van der Waals surface area contributed by atoms with Crippen LogP contribution in [0.1, 0.15) is 24.5 Å². The number of alkyl halides is 1. The molecule has 2 nitrogen and oxygen atoms in total. The van der Waals surface area contributed by atoms with Gasteiger partial charge in [0.05, 0.1) is 4.83 Å². The van der Waals surface area contributed by atoms with Crippen molar-refractivity contribution in [2.75, 3.05) is 0 Å². The highest BCUT2D eigenvalue weighted by atomic mass is 79.9. The summed E-state index contributed by atoms with van der Waals surface area (Å²) in [5.41, 5.74) is 1.06. The number of halogens is 1. The minimum absolute atomic E-state index is 0.102. The SMILES string of the molecule is O=C1CCC(Br)C(c2ccccc2)O1. The van der Waals surface area contributed by atoms with E-state index < -0.39 is 0 Å². The topological polar surface area (TPSA) is 26.3 Å². The molecule has 3 heteroatoms. The van der Waals surface area contributed by atoms with Gasteiger partial charge < -0.3 is 4.74 Å². The smallest absolute Gasteiger partial charge is 0.306 e. The van der Waals surface area contributed by atoms with Crippen LogP contribution in [0.15, 0.2) is 30.3 Å². The Kier molecular flexibility index (Phi) is 2.87. The largest absolute Gasteiger partial charge is 0.456 e. The van der Waals surface area contributed by atoms with Crippen LogP contribution in [-0.4, -0.2) is 10.8 Å². The number of benzene rings is 1. The summed E-state index contributed by atoms with van der Waals surface area (Å²) < 4.78 is 5.30. The van der Waals surface area contributed by atoms with Crippen LogP contribution < -0.4 is 0 Å². The number of cyclic esters (lactones) is 1. The molecule has 2 unspecified atom stereocenters. The summed E-state index contributed by atoms with van der Waals surface area (Å²) in [5, 5.41) is 0. The molecule has 2 atom stereocenters. The van der Waals surface area contributed by atoms with Crippen LogP contribution in [0.3, 0.4) is 0 Å². The average molecular weight is 255 g/mol. The molecule has 74 valence electrons. The Bertz CT molecular complexity index is 323. The van der Waals surface area contributed by atoms with Crippen molar-refractivity contribution in [2.24, 2.45) is 0 Å². The molecular formula is C11H11BrO2. The summed E-state index contributed by atoms with van der Waals surface area (Å²) in [4.78, 5) is 11.4. The first-order valence-corrected chi connectivity index (χ1v) is 5.57. The molecule has 1 heterocycles. The fourth-order valence-corrected chi connectivity index (χ4v) is 2.24. The van der Waals surface area contributed by atoms with Gasteiger partial charge in [0.2, 0.25) is 0 Å². The van der Waals surface area contributed by atoms with E-state index in [1.54, 1.807) is 0 Å². The van der Waals surface area contributed by atoms with Crippen LogP contribution in [0.5, 0.6) is 0 Å². The fourth-order valence-electron chi connectivity index (χ4n) is 1.60. The summed E-state index contributed by atoms with van der Waals surface area (Å²) in [7, 11) is 0. The Labute approximate surface area is 91.4 Å². The second-order valence-corrected chi connectivity index (χ2v) is 4.55. The monoisotopic (exact) mass is 254 g/mol. The summed E-state index contributed by atoms with van der Waals surface area (Å²) in [5.74, 6) is -0.102. The first-order valence-electron chi connectivity index (χ1n) is 4.66. The molecule has 0 aromatic heterocycles. The zero-order chi connectivity index (χ0) is 9.97. The molecule has 0 amide bonds. The van der Waals surface area contributed by atoms with Gasteiger partial charge in [-0.1, -0.05) is 46.3 Å². The van der Waals surface area contributed by atoms with Crippen molar-refractivity contribution in [2.45, 2.75) is 23.8 Å². The molecule has 1 saturated heterocycles. The molecule has 0 spiro atoms. The summed E-state index contributed by atoms with van der Waals surface area (Å²) in [6, 6.07) is 9.83. The number of esters is 1. The Morgan fingerprint density at radius 1 is 1.29 bits per heavy atom. The number of carbonyl (C=O) groups excluding carboxylic acids is 1. The van der Waals surface area contributed by atoms with E-state index in [9.17, 15) is 4.79 Å². The second kappa shape index (κ2) is 4.13. The van der Waals surface area contributed by atoms with E-state index in [1.165, 1.54) is 0 Å². The number of ether oxygens (including phenoxy) is 1. The van der Waals surface area contributed by atoms with E-state index in [1.807, 2.05) is 30.3 Å². The van der Waals surface area contributed by atoms with Crippen LogP contribution in [0, 0.1) is 0 Å². The van der Waals surface area contributed by atoms with Crippen LogP contribution in [0.2, 0.25) is 0 Å².